The summed E-state index contributed by atoms with van der Waals surface area (Å²) < 4.78 is 5.00. The van der Waals surface area contributed by atoms with Crippen molar-refractivity contribution < 1.29 is 14.3 Å². The first-order chi connectivity index (χ1) is 11.5. The summed E-state index contributed by atoms with van der Waals surface area (Å²) in [6.45, 7) is 9.32. The van der Waals surface area contributed by atoms with Gasteiger partial charge in [-0.15, -0.1) is 0 Å². The number of carbonyl (C=O) groups excluding carboxylic acids is 2. The number of nitrogens with zero attached hydrogens (tertiary/aromatic N) is 2. The lowest BCUT2D eigenvalue weighted by atomic mass is 10.0. The van der Waals surface area contributed by atoms with E-state index in [9.17, 15) is 9.59 Å². The normalized spacial score (nSPS) is 15.4. The van der Waals surface area contributed by atoms with Gasteiger partial charge in [0.05, 0.1) is 13.2 Å². The van der Waals surface area contributed by atoms with E-state index in [1.807, 2.05) is 18.2 Å². The van der Waals surface area contributed by atoms with Crippen LogP contribution in [0.4, 0.5) is 10.5 Å². The molecule has 0 aromatic heterocycles. The fourth-order valence-electron chi connectivity index (χ4n) is 2.68. The van der Waals surface area contributed by atoms with Gasteiger partial charge in [0.25, 0.3) is 0 Å². The van der Waals surface area contributed by atoms with Gasteiger partial charge in [0.15, 0.2) is 0 Å². The molecule has 0 aliphatic carbocycles. The highest BCUT2D eigenvalue weighted by molar-refractivity contribution is 5.92. The molecule has 1 aromatic rings. The molecule has 0 atom stereocenters. The van der Waals surface area contributed by atoms with E-state index in [2.05, 4.69) is 30.1 Å². The van der Waals surface area contributed by atoms with Crippen LogP contribution in [0.1, 0.15) is 32.3 Å². The molecule has 6 nitrogen and oxygen atoms in total. The molecule has 24 heavy (non-hydrogen) atoms. The number of nitrogens with one attached hydrogen (secondary N) is 1. The predicted molar refractivity (Wildman–Crippen MR) is 94.2 cm³/mol. The molecule has 1 aromatic carbocycles. The zero-order chi connectivity index (χ0) is 17.5. The van der Waals surface area contributed by atoms with Crippen LogP contribution in [0.2, 0.25) is 0 Å². The first-order valence-corrected chi connectivity index (χ1v) is 8.53. The maximum atomic E-state index is 12.2. The number of benzene rings is 1. The summed E-state index contributed by atoms with van der Waals surface area (Å²) in [5.74, 6) is 0.401. The van der Waals surface area contributed by atoms with Crippen LogP contribution in [0.3, 0.4) is 0 Å². The summed E-state index contributed by atoms with van der Waals surface area (Å²) in [7, 11) is 0. The van der Waals surface area contributed by atoms with Crippen LogP contribution in [0, 0.1) is 0 Å². The van der Waals surface area contributed by atoms with Gasteiger partial charge in [0.1, 0.15) is 0 Å². The first-order valence-electron chi connectivity index (χ1n) is 8.53. The topological polar surface area (TPSA) is 61.9 Å². The SMILES string of the molecule is CCOC(=O)N1CCN(CC(=O)Nc2cccc(C(C)C)c2)CC1. The number of amides is 2. The third-order valence-electron chi connectivity index (χ3n) is 4.10. The molecule has 6 heteroatoms. The molecule has 1 fully saturated rings. The molecule has 1 heterocycles. The van der Waals surface area contributed by atoms with Crippen LogP contribution in [0.5, 0.6) is 0 Å². The molecule has 2 amide bonds. The zero-order valence-electron chi connectivity index (χ0n) is 14.7. The van der Waals surface area contributed by atoms with Crippen molar-refractivity contribution >= 4 is 17.7 Å². The fraction of sp³-hybridized carbons (Fsp3) is 0.556. The third-order valence-corrected chi connectivity index (χ3v) is 4.10. The largest absolute Gasteiger partial charge is 0.450 e. The van der Waals surface area contributed by atoms with Crippen LogP contribution >= 0.6 is 0 Å². The van der Waals surface area contributed by atoms with E-state index in [1.54, 1.807) is 11.8 Å². The molecule has 0 saturated carbocycles. The van der Waals surface area contributed by atoms with E-state index in [0.717, 1.165) is 5.69 Å². The minimum atomic E-state index is -0.271. The van der Waals surface area contributed by atoms with Crippen molar-refractivity contribution in [3.05, 3.63) is 29.8 Å². The van der Waals surface area contributed by atoms with Gasteiger partial charge in [-0.3, -0.25) is 9.69 Å². The Morgan fingerprint density at radius 3 is 2.54 bits per heavy atom. The minimum Gasteiger partial charge on any atom is -0.450 e. The summed E-state index contributed by atoms with van der Waals surface area (Å²) >= 11 is 0. The maximum Gasteiger partial charge on any atom is 0.409 e. The highest BCUT2D eigenvalue weighted by atomic mass is 16.6. The number of carbonyl (C=O) groups is 2. The Kier molecular flexibility index (Phi) is 6.61. The molecule has 0 bridgehead atoms. The Balaban J connectivity index is 1.79. The van der Waals surface area contributed by atoms with Gasteiger partial charge in [0.2, 0.25) is 5.91 Å². The lowest BCUT2D eigenvalue weighted by molar-refractivity contribution is -0.117. The van der Waals surface area contributed by atoms with Gasteiger partial charge in [0, 0.05) is 31.9 Å². The average molecular weight is 333 g/mol. The van der Waals surface area contributed by atoms with E-state index >= 15 is 0 Å². The highest BCUT2D eigenvalue weighted by Gasteiger charge is 2.23. The number of rotatable bonds is 5. The molecule has 1 N–H and O–H groups in total. The second-order valence-corrected chi connectivity index (χ2v) is 6.29. The Hall–Kier alpha value is -2.08. The van der Waals surface area contributed by atoms with E-state index in [0.29, 0.717) is 45.2 Å². The van der Waals surface area contributed by atoms with Crippen molar-refractivity contribution in [2.45, 2.75) is 26.7 Å². The van der Waals surface area contributed by atoms with Crippen molar-refractivity contribution in [2.24, 2.45) is 0 Å². The predicted octanol–water partition coefficient (Wildman–Crippen LogP) is 2.52. The molecule has 1 saturated heterocycles. The summed E-state index contributed by atoms with van der Waals surface area (Å²) in [4.78, 5) is 27.6. The molecular formula is C18H27N3O3. The van der Waals surface area contributed by atoms with Crippen LogP contribution < -0.4 is 5.32 Å². The molecule has 1 aliphatic heterocycles. The molecule has 0 radical (unpaired) electrons. The Morgan fingerprint density at radius 1 is 1.21 bits per heavy atom. The highest BCUT2D eigenvalue weighted by Crippen LogP contribution is 2.18. The van der Waals surface area contributed by atoms with Crippen LogP contribution in [0.25, 0.3) is 0 Å². The lowest BCUT2D eigenvalue weighted by Crippen LogP contribution is -2.50. The summed E-state index contributed by atoms with van der Waals surface area (Å²) in [5, 5.41) is 2.95. The van der Waals surface area contributed by atoms with Crippen LogP contribution in [0.15, 0.2) is 24.3 Å². The van der Waals surface area contributed by atoms with Crippen molar-refractivity contribution in [2.75, 3.05) is 44.6 Å². The van der Waals surface area contributed by atoms with Gasteiger partial charge in [-0.05, 0) is 30.5 Å². The second kappa shape index (κ2) is 8.68. The molecule has 2 rings (SSSR count). The van der Waals surface area contributed by atoms with E-state index in [-0.39, 0.29) is 12.0 Å². The minimum absolute atomic E-state index is 0.0273. The Labute approximate surface area is 143 Å². The smallest absolute Gasteiger partial charge is 0.409 e. The quantitative estimate of drug-likeness (QED) is 0.899. The van der Waals surface area contributed by atoms with Gasteiger partial charge in [-0.25, -0.2) is 4.79 Å². The molecule has 1 aliphatic rings. The second-order valence-electron chi connectivity index (χ2n) is 6.29. The summed E-state index contributed by atoms with van der Waals surface area (Å²) in [6, 6.07) is 7.95. The molecular weight excluding hydrogens is 306 g/mol. The van der Waals surface area contributed by atoms with Gasteiger partial charge in [-0.2, -0.15) is 0 Å². The van der Waals surface area contributed by atoms with E-state index in [1.165, 1.54) is 5.56 Å². The van der Waals surface area contributed by atoms with E-state index in [4.69, 9.17) is 4.74 Å². The Bertz CT molecular complexity index is 566. The van der Waals surface area contributed by atoms with Crippen LogP contribution in [-0.4, -0.2) is 61.1 Å². The zero-order valence-corrected chi connectivity index (χ0v) is 14.7. The molecule has 132 valence electrons. The summed E-state index contributed by atoms with van der Waals surface area (Å²) in [6.07, 6.45) is -0.271. The monoisotopic (exact) mass is 333 g/mol. The summed E-state index contributed by atoms with van der Waals surface area (Å²) in [5.41, 5.74) is 2.03. The molecule has 0 spiro atoms. The van der Waals surface area contributed by atoms with Gasteiger partial charge < -0.3 is 15.0 Å². The Morgan fingerprint density at radius 2 is 1.92 bits per heavy atom. The van der Waals surface area contributed by atoms with Crippen molar-refractivity contribution in [1.29, 1.82) is 0 Å². The number of hydrogen-bond acceptors (Lipinski definition) is 4. The number of ether oxygens (including phenoxy) is 1. The van der Waals surface area contributed by atoms with Crippen LogP contribution in [-0.2, 0) is 9.53 Å². The maximum absolute atomic E-state index is 12.2. The fourth-order valence-corrected chi connectivity index (χ4v) is 2.68. The van der Waals surface area contributed by atoms with Gasteiger partial charge in [-0.1, -0.05) is 26.0 Å². The number of anilines is 1. The average Bonchev–Trinajstić information content (AvgIpc) is 2.55. The van der Waals surface area contributed by atoms with Crippen molar-refractivity contribution in [3.8, 4) is 0 Å². The van der Waals surface area contributed by atoms with Crippen molar-refractivity contribution in [1.82, 2.24) is 9.80 Å². The van der Waals surface area contributed by atoms with Gasteiger partial charge >= 0.3 is 6.09 Å². The third kappa shape index (κ3) is 5.23. The standard InChI is InChI=1S/C18H27N3O3/c1-4-24-18(23)21-10-8-20(9-11-21)13-17(22)19-16-7-5-6-15(12-16)14(2)3/h5-7,12,14H,4,8-11,13H2,1-3H3,(H,19,22). The number of hydrogen-bond donors (Lipinski definition) is 1. The molecule has 0 unspecified atom stereocenters. The lowest BCUT2D eigenvalue weighted by Gasteiger charge is -2.33. The number of piperazine rings is 1. The van der Waals surface area contributed by atoms with Crippen molar-refractivity contribution in [3.63, 3.8) is 0 Å². The van der Waals surface area contributed by atoms with E-state index < -0.39 is 0 Å². The first kappa shape index (κ1) is 18.3.